The summed E-state index contributed by atoms with van der Waals surface area (Å²) in [5, 5.41) is 3.67. The standard InChI is InChI=1S/C18H25N5O/c1-12-11-15(22-17(20-12)14-3-4-14)21-16(13-5-9-24-10-6-13)18-19-7-8-23(18)2/h7-8,11,13-14,16H,3-6,9-10H2,1-2H3,(H,20,21,22)/t16-/m1/s1. The van der Waals surface area contributed by atoms with E-state index in [4.69, 9.17) is 9.72 Å². The number of rotatable bonds is 5. The van der Waals surface area contributed by atoms with Gasteiger partial charge in [-0.1, -0.05) is 0 Å². The van der Waals surface area contributed by atoms with Gasteiger partial charge in [-0.15, -0.1) is 0 Å². The van der Waals surface area contributed by atoms with Crippen molar-refractivity contribution in [3.8, 4) is 0 Å². The van der Waals surface area contributed by atoms with E-state index >= 15 is 0 Å². The van der Waals surface area contributed by atoms with Gasteiger partial charge in [-0.3, -0.25) is 0 Å². The van der Waals surface area contributed by atoms with Crippen LogP contribution in [-0.2, 0) is 11.8 Å². The molecule has 0 radical (unpaired) electrons. The number of aromatic nitrogens is 4. The second kappa shape index (κ2) is 6.51. The molecular weight excluding hydrogens is 302 g/mol. The molecule has 6 nitrogen and oxygen atoms in total. The molecule has 1 saturated heterocycles. The summed E-state index contributed by atoms with van der Waals surface area (Å²) in [5.41, 5.74) is 1.03. The van der Waals surface area contributed by atoms with E-state index in [-0.39, 0.29) is 6.04 Å². The van der Waals surface area contributed by atoms with Crippen LogP contribution in [-0.4, -0.2) is 32.7 Å². The molecule has 1 saturated carbocycles. The summed E-state index contributed by atoms with van der Waals surface area (Å²) in [7, 11) is 2.05. The van der Waals surface area contributed by atoms with Crippen LogP contribution in [0.3, 0.4) is 0 Å². The van der Waals surface area contributed by atoms with Crippen LogP contribution in [0.25, 0.3) is 0 Å². The van der Waals surface area contributed by atoms with Crippen molar-refractivity contribution in [3.05, 3.63) is 35.8 Å². The van der Waals surface area contributed by atoms with Crippen LogP contribution in [0.4, 0.5) is 5.82 Å². The number of hydrogen-bond donors (Lipinski definition) is 1. The number of hydrogen-bond acceptors (Lipinski definition) is 5. The maximum absolute atomic E-state index is 5.55. The van der Waals surface area contributed by atoms with Crippen LogP contribution in [0.2, 0.25) is 0 Å². The Labute approximate surface area is 142 Å². The molecule has 1 N–H and O–H groups in total. The molecular formula is C18H25N5O. The first-order valence-electron chi connectivity index (χ1n) is 8.88. The minimum absolute atomic E-state index is 0.148. The normalized spacial score (nSPS) is 20.1. The first kappa shape index (κ1) is 15.6. The van der Waals surface area contributed by atoms with Gasteiger partial charge in [0, 0.05) is 50.3 Å². The number of aryl methyl sites for hydroxylation is 2. The number of anilines is 1. The summed E-state index contributed by atoms with van der Waals surface area (Å²) in [6, 6.07) is 2.19. The Morgan fingerprint density at radius 3 is 2.67 bits per heavy atom. The van der Waals surface area contributed by atoms with E-state index in [1.165, 1.54) is 12.8 Å². The van der Waals surface area contributed by atoms with Crippen LogP contribution in [0.1, 0.15) is 55.0 Å². The highest BCUT2D eigenvalue weighted by molar-refractivity contribution is 5.39. The molecule has 0 unspecified atom stereocenters. The van der Waals surface area contributed by atoms with Crippen LogP contribution >= 0.6 is 0 Å². The van der Waals surface area contributed by atoms with Gasteiger partial charge >= 0.3 is 0 Å². The average molecular weight is 327 g/mol. The van der Waals surface area contributed by atoms with Crippen molar-refractivity contribution in [2.45, 2.75) is 44.6 Å². The van der Waals surface area contributed by atoms with Gasteiger partial charge in [0.05, 0.1) is 6.04 Å². The third-order valence-electron chi connectivity index (χ3n) is 4.99. The summed E-state index contributed by atoms with van der Waals surface area (Å²) in [4.78, 5) is 14.0. The second-order valence-corrected chi connectivity index (χ2v) is 7.00. The van der Waals surface area contributed by atoms with Gasteiger partial charge in [0.2, 0.25) is 0 Å². The van der Waals surface area contributed by atoms with Gasteiger partial charge in [0.15, 0.2) is 0 Å². The van der Waals surface area contributed by atoms with E-state index in [0.717, 1.165) is 49.2 Å². The maximum atomic E-state index is 5.55. The van der Waals surface area contributed by atoms with E-state index in [9.17, 15) is 0 Å². The first-order chi connectivity index (χ1) is 11.7. The van der Waals surface area contributed by atoms with Gasteiger partial charge in [-0.25, -0.2) is 15.0 Å². The van der Waals surface area contributed by atoms with E-state index in [2.05, 4.69) is 26.9 Å². The summed E-state index contributed by atoms with van der Waals surface area (Å²) in [6.45, 7) is 3.69. The van der Waals surface area contributed by atoms with Crippen molar-refractivity contribution in [2.24, 2.45) is 13.0 Å². The third-order valence-corrected chi connectivity index (χ3v) is 4.99. The first-order valence-corrected chi connectivity index (χ1v) is 8.88. The van der Waals surface area contributed by atoms with Crippen molar-refractivity contribution >= 4 is 5.82 Å². The lowest BCUT2D eigenvalue weighted by Crippen LogP contribution is -2.29. The molecule has 2 aliphatic rings. The molecule has 0 aromatic carbocycles. The monoisotopic (exact) mass is 327 g/mol. The summed E-state index contributed by atoms with van der Waals surface area (Å²) in [5.74, 6) is 4.03. The Hall–Kier alpha value is -1.95. The molecule has 0 spiro atoms. The minimum atomic E-state index is 0.148. The molecule has 6 heteroatoms. The molecule has 3 heterocycles. The molecule has 128 valence electrons. The van der Waals surface area contributed by atoms with Crippen molar-refractivity contribution in [1.82, 2.24) is 19.5 Å². The quantitative estimate of drug-likeness (QED) is 0.914. The molecule has 0 amide bonds. The Kier molecular flexibility index (Phi) is 4.22. The lowest BCUT2D eigenvalue weighted by atomic mass is 9.91. The Balaban J connectivity index is 1.62. The molecule has 4 rings (SSSR count). The van der Waals surface area contributed by atoms with Gasteiger partial charge in [0.25, 0.3) is 0 Å². The highest BCUT2D eigenvalue weighted by Gasteiger charge is 2.30. The van der Waals surface area contributed by atoms with Crippen LogP contribution < -0.4 is 5.32 Å². The van der Waals surface area contributed by atoms with Crippen molar-refractivity contribution in [2.75, 3.05) is 18.5 Å². The lowest BCUT2D eigenvalue weighted by Gasteiger charge is -2.31. The molecule has 1 atom stereocenters. The Morgan fingerprint density at radius 2 is 2.00 bits per heavy atom. The minimum Gasteiger partial charge on any atom is -0.381 e. The van der Waals surface area contributed by atoms with E-state index in [1.807, 2.05) is 25.4 Å². The van der Waals surface area contributed by atoms with E-state index in [0.29, 0.717) is 11.8 Å². The largest absolute Gasteiger partial charge is 0.381 e. The van der Waals surface area contributed by atoms with Crippen LogP contribution in [0.15, 0.2) is 18.5 Å². The summed E-state index contributed by atoms with van der Waals surface area (Å²) < 4.78 is 7.65. The predicted molar refractivity (Wildman–Crippen MR) is 91.9 cm³/mol. The Morgan fingerprint density at radius 1 is 1.21 bits per heavy atom. The third kappa shape index (κ3) is 3.29. The smallest absolute Gasteiger partial charge is 0.134 e. The number of ether oxygens (including phenoxy) is 1. The van der Waals surface area contributed by atoms with Gasteiger partial charge in [0.1, 0.15) is 17.5 Å². The zero-order valence-electron chi connectivity index (χ0n) is 14.4. The number of nitrogens with zero attached hydrogens (tertiary/aromatic N) is 4. The molecule has 0 bridgehead atoms. The predicted octanol–water partition coefficient (Wildman–Crippen LogP) is 2.98. The molecule has 1 aliphatic heterocycles. The van der Waals surface area contributed by atoms with E-state index in [1.54, 1.807) is 0 Å². The van der Waals surface area contributed by atoms with Gasteiger partial charge in [-0.05, 0) is 38.5 Å². The summed E-state index contributed by atoms with van der Waals surface area (Å²) >= 11 is 0. The highest BCUT2D eigenvalue weighted by Crippen LogP contribution is 2.39. The topological polar surface area (TPSA) is 64.9 Å². The van der Waals surface area contributed by atoms with Gasteiger partial charge < -0.3 is 14.6 Å². The number of imidazole rings is 1. The zero-order valence-corrected chi connectivity index (χ0v) is 14.4. The zero-order chi connectivity index (χ0) is 16.5. The fourth-order valence-electron chi connectivity index (χ4n) is 3.47. The molecule has 2 aromatic heterocycles. The Bertz CT molecular complexity index is 703. The molecule has 2 fully saturated rings. The fourth-order valence-corrected chi connectivity index (χ4v) is 3.47. The van der Waals surface area contributed by atoms with E-state index < -0.39 is 0 Å². The van der Waals surface area contributed by atoms with Crippen molar-refractivity contribution < 1.29 is 4.74 Å². The SMILES string of the molecule is Cc1cc(N[C@@H](c2nccn2C)C2CCOCC2)nc(C2CC2)n1. The summed E-state index contributed by atoms with van der Waals surface area (Å²) in [6.07, 6.45) is 8.39. The van der Waals surface area contributed by atoms with Crippen LogP contribution in [0.5, 0.6) is 0 Å². The lowest BCUT2D eigenvalue weighted by molar-refractivity contribution is 0.0594. The van der Waals surface area contributed by atoms with Crippen molar-refractivity contribution in [3.63, 3.8) is 0 Å². The highest BCUT2D eigenvalue weighted by atomic mass is 16.5. The number of nitrogens with one attached hydrogen (secondary N) is 1. The van der Waals surface area contributed by atoms with Crippen LogP contribution in [0, 0.1) is 12.8 Å². The maximum Gasteiger partial charge on any atom is 0.134 e. The molecule has 24 heavy (non-hydrogen) atoms. The average Bonchev–Trinajstić information content (AvgIpc) is 3.35. The molecule has 2 aromatic rings. The molecule has 1 aliphatic carbocycles. The second-order valence-electron chi connectivity index (χ2n) is 7.00. The van der Waals surface area contributed by atoms with Gasteiger partial charge in [-0.2, -0.15) is 0 Å². The van der Waals surface area contributed by atoms with Crippen molar-refractivity contribution in [1.29, 1.82) is 0 Å². The fraction of sp³-hybridized carbons (Fsp3) is 0.611.